The van der Waals surface area contributed by atoms with Crippen molar-refractivity contribution in [1.29, 1.82) is 0 Å². The molecule has 0 atom stereocenters. The van der Waals surface area contributed by atoms with Crippen molar-refractivity contribution < 1.29 is 9.26 Å². The SMILES string of the molecule is Cc1cc(CN2C=CCN(c3cc(C4CCOCC4)[nH]n3)C2)on1. The molecule has 1 N–H and O–H groups in total. The Balaban J connectivity index is 1.41. The fourth-order valence-electron chi connectivity index (χ4n) is 3.31. The number of nitrogens with one attached hydrogen (secondary N) is 1. The summed E-state index contributed by atoms with van der Waals surface area (Å²) < 4.78 is 10.8. The highest BCUT2D eigenvalue weighted by atomic mass is 16.5. The Morgan fingerprint density at radius 2 is 2.17 bits per heavy atom. The second kappa shape index (κ2) is 6.68. The van der Waals surface area contributed by atoms with E-state index in [1.807, 2.05) is 13.0 Å². The molecule has 0 unspecified atom stereocenters. The summed E-state index contributed by atoms with van der Waals surface area (Å²) in [7, 11) is 0. The summed E-state index contributed by atoms with van der Waals surface area (Å²) >= 11 is 0. The van der Waals surface area contributed by atoms with Gasteiger partial charge in [0.2, 0.25) is 0 Å². The van der Waals surface area contributed by atoms with Gasteiger partial charge in [-0.1, -0.05) is 5.16 Å². The zero-order valence-corrected chi connectivity index (χ0v) is 13.9. The van der Waals surface area contributed by atoms with Gasteiger partial charge >= 0.3 is 0 Å². The van der Waals surface area contributed by atoms with E-state index in [0.717, 1.165) is 56.5 Å². The lowest BCUT2D eigenvalue weighted by Gasteiger charge is -2.32. The van der Waals surface area contributed by atoms with Crippen LogP contribution in [0, 0.1) is 6.92 Å². The molecule has 0 aliphatic carbocycles. The smallest absolute Gasteiger partial charge is 0.156 e. The molecule has 1 fully saturated rings. The van der Waals surface area contributed by atoms with E-state index < -0.39 is 0 Å². The molecule has 0 radical (unpaired) electrons. The van der Waals surface area contributed by atoms with Crippen molar-refractivity contribution in [3.8, 4) is 0 Å². The number of anilines is 1. The van der Waals surface area contributed by atoms with Gasteiger partial charge in [-0.05, 0) is 32.0 Å². The maximum absolute atomic E-state index is 5.44. The van der Waals surface area contributed by atoms with Crippen molar-refractivity contribution in [2.24, 2.45) is 0 Å². The van der Waals surface area contributed by atoms with Crippen molar-refractivity contribution >= 4 is 5.82 Å². The second-order valence-corrected chi connectivity index (χ2v) is 6.50. The standard InChI is InChI=1S/C17H23N5O2/c1-13-9-15(24-20-13)11-21-5-2-6-22(12-21)17-10-16(18-19-17)14-3-7-23-8-4-14/h2,5,9-10,14H,3-4,6-8,11-12H2,1H3,(H,18,19). The summed E-state index contributed by atoms with van der Waals surface area (Å²) in [6.45, 7) is 5.99. The molecule has 128 valence electrons. The Morgan fingerprint density at radius 1 is 1.29 bits per heavy atom. The molecule has 1 saturated heterocycles. The molecule has 0 aromatic carbocycles. The molecular formula is C17H23N5O2. The lowest BCUT2D eigenvalue weighted by molar-refractivity contribution is 0.0845. The van der Waals surface area contributed by atoms with E-state index in [1.165, 1.54) is 5.69 Å². The van der Waals surface area contributed by atoms with Crippen LogP contribution in [0.25, 0.3) is 0 Å². The number of ether oxygens (including phenoxy) is 1. The van der Waals surface area contributed by atoms with Crippen molar-refractivity contribution in [3.05, 3.63) is 41.6 Å². The number of rotatable bonds is 4. The topological polar surface area (TPSA) is 70.4 Å². The number of nitrogens with zero attached hydrogens (tertiary/aromatic N) is 4. The summed E-state index contributed by atoms with van der Waals surface area (Å²) in [4.78, 5) is 4.45. The summed E-state index contributed by atoms with van der Waals surface area (Å²) in [6, 6.07) is 4.16. The first kappa shape index (κ1) is 15.3. The average Bonchev–Trinajstić information content (AvgIpc) is 3.25. The molecular weight excluding hydrogens is 306 g/mol. The minimum Gasteiger partial charge on any atom is -0.381 e. The van der Waals surface area contributed by atoms with Gasteiger partial charge in [-0.2, -0.15) is 5.10 Å². The Morgan fingerprint density at radius 3 is 2.96 bits per heavy atom. The lowest BCUT2D eigenvalue weighted by Crippen LogP contribution is -2.38. The Hall–Kier alpha value is -2.28. The molecule has 4 heterocycles. The molecule has 2 aliphatic heterocycles. The van der Waals surface area contributed by atoms with Crippen LogP contribution >= 0.6 is 0 Å². The third-order valence-electron chi connectivity index (χ3n) is 4.60. The Labute approximate surface area is 141 Å². The fourth-order valence-corrected chi connectivity index (χ4v) is 3.31. The third kappa shape index (κ3) is 3.31. The predicted molar refractivity (Wildman–Crippen MR) is 89.5 cm³/mol. The molecule has 24 heavy (non-hydrogen) atoms. The van der Waals surface area contributed by atoms with Gasteiger partial charge in [0, 0.05) is 43.5 Å². The van der Waals surface area contributed by atoms with Crippen LogP contribution in [-0.4, -0.2) is 46.7 Å². The van der Waals surface area contributed by atoms with Crippen molar-refractivity contribution in [2.45, 2.75) is 32.2 Å². The zero-order valence-electron chi connectivity index (χ0n) is 13.9. The van der Waals surface area contributed by atoms with E-state index in [-0.39, 0.29) is 0 Å². The van der Waals surface area contributed by atoms with Crippen molar-refractivity contribution in [2.75, 3.05) is 31.3 Å². The average molecular weight is 329 g/mol. The number of hydrogen-bond acceptors (Lipinski definition) is 6. The normalized spacial score (nSPS) is 19.2. The van der Waals surface area contributed by atoms with Crippen molar-refractivity contribution in [3.63, 3.8) is 0 Å². The van der Waals surface area contributed by atoms with Crippen LogP contribution in [0.2, 0.25) is 0 Å². The van der Waals surface area contributed by atoms with Gasteiger partial charge in [0.05, 0.1) is 18.9 Å². The maximum atomic E-state index is 5.44. The molecule has 2 aromatic heterocycles. The second-order valence-electron chi connectivity index (χ2n) is 6.50. The van der Waals surface area contributed by atoms with Crippen LogP contribution in [0.5, 0.6) is 0 Å². The molecule has 0 saturated carbocycles. The van der Waals surface area contributed by atoms with Gasteiger partial charge in [-0.25, -0.2) is 0 Å². The molecule has 7 nitrogen and oxygen atoms in total. The number of aromatic amines is 1. The molecule has 0 bridgehead atoms. The quantitative estimate of drug-likeness (QED) is 0.929. The summed E-state index contributed by atoms with van der Waals surface area (Å²) in [5.41, 5.74) is 2.14. The number of aromatic nitrogens is 3. The molecule has 0 spiro atoms. The van der Waals surface area contributed by atoms with E-state index in [4.69, 9.17) is 9.26 Å². The van der Waals surface area contributed by atoms with E-state index in [2.05, 4.69) is 43.5 Å². The molecule has 2 aliphatic rings. The first-order valence-corrected chi connectivity index (χ1v) is 8.49. The van der Waals surface area contributed by atoms with Crippen molar-refractivity contribution in [1.82, 2.24) is 20.3 Å². The monoisotopic (exact) mass is 329 g/mol. The van der Waals surface area contributed by atoms with Gasteiger partial charge in [-0.15, -0.1) is 0 Å². The van der Waals surface area contributed by atoms with Gasteiger partial charge in [0.25, 0.3) is 0 Å². The van der Waals surface area contributed by atoms with Crippen LogP contribution in [-0.2, 0) is 11.3 Å². The van der Waals surface area contributed by atoms with Crippen LogP contribution < -0.4 is 4.90 Å². The number of hydrogen-bond donors (Lipinski definition) is 1. The van der Waals surface area contributed by atoms with Crippen LogP contribution in [0.1, 0.15) is 35.9 Å². The van der Waals surface area contributed by atoms with Crippen LogP contribution in [0.3, 0.4) is 0 Å². The first-order chi connectivity index (χ1) is 11.8. The van der Waals surface area contributed by atoms with E-state index in [1.54, 1.807) is 0 Å². The maximum Gasteiger partial charge on any atom is 0.156 e. The minimum atomic E-state index is 0.536. The largest absolute Gasteiger partial charge is 0.381 e. The highest BCUT2D eigenvalue weighted by molar-refractivity contribution is 5.41. The Kier molecular flexibility index (Phi) is 4.25. The predicted octanol–water partition coefficient (Wildman–Crippen LogP) is 2.39. The fraction of sp³-hybridized carbons (Fsp3) is 0.529. The van der Waals surface area contributed by atoms with E-state index in [0.29, 0.717) is 12.5 Å². The highest BCUT2D eigenvalue weighted by Crippen LogP contribution is 2.28. The minimum absolute atomic E-state index is 0.536. The molecule has 4 rings (SSSR count). The van der Waals surface area contributed by atoms with Crippen LogP contribution in [0.4, 0.5) is 5.82 Å². The number of aryl methyl sites for hydroxylation is 1. The summed E-state index contributed by atoms with van der Waals surface area (Å²) in [5.74, 6) is 2.41. The summed E-state index contributed by atoms with van der Waals surface area (Å²) in [5, 5.41) is 11.7. The number of H-pyrrole nitrogens is 1. The molecule has 7 heteroatoms. The molecule has 0 amide bonds. The first-order valence-electron chi connectivity index (χ1n) is 8.49. The van der Waals surface area contributed by atoms with Gasteiger partial charge in [-0.3, -0.25) is 5.10 Å². The van der Waals surface area contributed by atoms with E-state index in [9.17, 15) is 0 Å². The zero-order chi connectivity index (χ0) is 16.4. The molecule has 2 aromatic rings. The lowest BCUT2D eigenvalue weighted by atomic mass is 9.97. The Bertz CT molecular complexity index is 701. The van der Waals surface area contributed by atoms with E-state index >= 15 is 0 Å². The highest BCUT2D eigenvalue weighted by Gasteiger charge is 2.21. The summed E-state index contributed by atoms with van der Waals surface area (Å²) in [6.07, 6.45) is 6.40. The van der Waals surface area contributed by atoms with Gasteiger partial charge < -0.3 is 19.1 Å². The van der Waals surface area contributed by atoms with Crippen LogP contribution in [0.15, 0.2) is 28.9 Å². The van der Waals surface area contributed by atoms with Gasteiger partial charge in [0.1, 0.15) is 0 Å². The van der Waals surface area contributed by atoms with Gasteiger partial charge in [0.15, 0.2) is 11.6 Å². The third-order valence-corrected chi connectivity index (χ3v) is 4.60.